The van der Waals surface area contributed by atoms with Crippen molar-refractivity contribution in [3.8, 4) is 11.1 Å². The molecule has 0 amide bonds. The van der Waals surface area contributed by atoms with Crippen molar-refractivity contribution in [2.45, 2.75) is 19.8 Å². The van der Waals surface area contributed by atoms with E-state index in [-0.39, 0.29) is 0 Å². The van der Waals surface area contributed by atoms with E-state index in [1.54, 1.807) is 0 Å². The molecular formula is C17H18. The Kier molecular flexibility index (Phi) is 3.77. The topological polar surface area (TPSA) is 0 Å². The number of hydrogen-bond donors (Lipinski definition) is 0. The second kappa shape index (κ2) is 5.49. The first kappa shape index (κ1) is 11.7. The average Bonchev–Trinajstić information content (AvgIpc) is 2.38. The van der Waals surface area contributed by atoms with Crippen molar-refractivity contribution in [1.29, 1.82) is 0 Å². The predicted molar refractivity (Wildman–Crippen MR) is 75.1 cm³/mol. The summed E-state index contributed by atoms with van der Waals surface area (Å²) in [6.07, 6.45) is 4.09. The number of hydrogen-bond acceptors (Lipinski definition) is 0. The zero-order valence-electron chi connectivity index (χ0n) is 10.3. The smallest absolute Gasteiger partial charge is 0.0184 e. The minimum Gasteiger partial charge on any atom is -0.103 e. The monoisotopic (exact) mass is 222 g/mol. The van der Waals surface area contributed by atoms with Crippen LogP contribution in [0.5, 0.6) is 0 Å². The molecular weight excluding hydrogens is 204 g/mol. The van der Waals surface area contributed by atoms with Crippen molar-refractivity contribution in [1.82, 2.24) is 0 Å². The molecule has 0 fully saturated rings. The van der Waals surface area contributed by atoms with E-state index in [9.17, 15) is 0 Å². The third-order valence-electron chi connectivity index (χ3n) is 2.98. The first-order valence-electron chi connectivity index (χ1n) is 6.06. The van der Waals surface area contributed by atoms with Crippen LogP contribution in [0.3, 0.4) is 0 Å². The van der Waals surface area contributed by atoms with Crippen LogP contribution in [0.2, 0.25) is 0 Å². The van der Waals surface area contributed by atoms with Gasteiger partial charge in [0.25, 0.3) is 0 Å². The summed E-state index contributed by atoms with van der Waals surface area (Å²) in [5.41, 5.74) is 5.25. The zero-order chi connectivity index (χ0) is 12.1. The standard InChI is InChI=1S/C17H18/c1-3-4-5-15-8-12-17(13-9-15)16-10-6-14(2)7-11-16/h3,6-13H,1,4-5H2,2H3. The molecule has 0 heteroatoms. The van der Waals surface area contributed by atoms with E-state index in [1.165, 1.54) is 22.3 Å². The zero-order valence-corrected chi connectivity index (χ0v) is 10.3. The summed E-state index contributed by atoms with van der Waals surface area (Å²) < 4.78 is 0. The Balaban J connectivity index is 2.17. The molecule has 2 rings (SSSR count). The molecule has 86 valence electrons. The summed E-state index contributed by atoms with van der Waals surface area (Å²) in [4.78, 5) is 0. The third-order valence-corrected chi connectivity index (χ3v) is 2.98. The molecule has 0 aliphatic carbocycles. The van der Waals surface area contributed by atoms with Crippen LogP contribution in [-0.2, 0) is 6.42 Å². The minimum absolute atomic E-state index is 1.05. The Morgan fingerprint density at radius 1 is 0.882 bits per heavy atom. The van der Waals surface area contributed by atoms with Crippen molar-refractivity contribution < 1.29 is 0 Å². The van der Waals surface area contributed by atoms with Crippen LogP contribution in [-0.4, -0.2) is 0 Å². The summed E-state index contributed by atoms with van der Waals surface area (Å²) in [6, 6.07) is 17.5. The molecule has 0 unspecified atom stereocenters. The van der Waals surface area contributed by atoms with Gasteiger partial charge in [-0.1, -0.05) is 60.2 Å². The largest absolute Gasteiger partial charge is 0.103 e. The Hall–Kier alpha value is -1.82. The van der Waals surface area contributed by atoms with E-state index in [0.29, 0.717) is 0 Å². The Labute approximate surface area is 104 Å². The molecule has 0 bridgehead atoms. The molecule has 0 aromatic heterocycles. The summed E-state index contributed by atoms with van der Waals surface area (Å²) in [6.45, 7) is 5.86. The maximum atomic E-state index is 3.75. The van der Waals surface area contributed by atoms with Gasteiger partial charge in [-0.3, -0.25) is 0 Å². The Morgan fingerprint density at radius 2 is 1.41 bits per heavy atom. The summed E-state index contributed by atoms with van der Waals surface area (Å²) >= 11 is 0. The van der Waals surface area contributed by atoms with Crippen molar-refractivity contribution >= 4 is 0 Å². The molecule has 2 aromatic rings. The summed E-state index contributed by atoms with van der Waals surface area (Å²) in [7, 11) is 0. The van der Waals surface area contributed by atoms with Gasteiger partial charge in [0, 0.05) is 0 Å². The maximum Gasteiger partial charge on any atom is -0.0184 e. The van der Waals surface area contributed by atoms with Gasteiger partial charge in [-0.2, -0.15) is 0 Å². The number of aryl methyl sites for hydroxylation is 2. The highest BCUT2D eigenvalue weighted by atomic mass is 14.0. The van der Waals surface area contributed by atoms with Gasteiger partial charge in [0.2, 0.25) is 0 Å². The molecule has 0 aliphatic heterocycles. The van der Waals surface area contributed by atoms with Crippen LogP contribution < -0.4 is 0 Å². The van der Waals surface area contributed by atoms with E-state index in [4.69, 9.17) is 0 Å². The number of allylic oxidation sites excluding steroid dienone is 1. The van der Waals surface area contributed by atoms with Gasteiger partial charge in [0.1, 0.15) is 0 Å². The second-order valence-electron chi connectivity index (χ2n) is 4.39. The quantitative estimate of drug-likeness (QED) is 0.653. The van der Waals surface area contributed by atoms with Crippen LogP contribution in [0.4, 0.5) is 0 Å². The average molecular weight is 222 g/mol. The molecule has 0 nitrogen and oxygen atoms in total. The molecule has 0 saturated heterocycles. The molecule has 0 radical (unpaired) electrons. The van der Waals surface area contributed by atoms with E-state index in [2.05, 4.69) is 62.0 Å². The van der Waals surface area contributed by atoms with E-state index >= 15 is 0 Å². The lowest BCUT2D eigenvalue weighted by atomic mass is 10.0. The highest BCUT2D eigenvalue weighted by Gasteiger charge is 1.97. The van der Waals surface area contributed by atoms with Crippen LogP contribution >= 0.6 is 0 Å². The predicted octanol–water partition coefficient (Wildman–Crippen LogP) is 4.78. The normalized spacial score (nSPS) is 10.2. The van der Waals surface area contributed by atoms with Gasteiger partial charge in [-0.15, -0.1) is 6.58 Å². The van der Waals surface area contributed by atoms with Crippen molar-refractivity contribution in [2.24, 2.45) is 0 Å². The van der Waals surface area contributed by atoms with Crippen LogP contribution in [0.1, 0.15) is 17.5 Å². The van der Waals surface area contributed by atoms with Crippen molar-refractivity contribution in [3.63, 3.8) is 0 Å². The van der Waals surface area contributed by atoms with Gasteiger partial charge < -0.3 is 0 Å². The van der Waals surface area contributed by atoms with Crippen molar-refractivity contribution in [2.75, 3.05) is 0 Å². The van der Waals surface area contributed by atoms with E-state index < -0.39 is 0 Å². The fourth-order valence-corrected chi connectivity index (χ4v) is 1.88. The number of benzene rings is 2. The first-order chi connectivity index (χ1) is 8.29. The number of rotatable bonds is 4. The second-order valence-corrected chi connectivity index (χ2v) is 4.39. The van der Waals surface area contributed by atoms with Gasteiger partial charge in [-0.05, 0) is 36.5 Å². The summed E-state index contributed by atoms with van der Waals surface area (Å²) in [5.74, 6) is 0. The molecule has 2 aromatic carbocycles. The molecule has 0 saturated carbocycles. The Morgan fingerprint density at radius 3 is 1.94 bits per heavy atom. The molecule has 0 N–H and O–H groups in total. The summed E-state index contributed by atoms with van der Waals surface area (Å²) in [5, 5.41) is 0. The SMILES string of the molecule is C=CCCc1ccc(-c2ccc(C)cc2)cc1. The van der Waals surface area contributed by atoms with Gasteiger partial charge in [0.05, 0.1) is 0 Å². The van der Waals surface area contributed by atoms with Crippen molar-refractivity contribution in [3.05, 3.63) is 72.3 Å². The van der Waals surface area contributed by atoms with Gasteiger partial charge in [0.15, 0.2) is 0 Å². The molecule has 0 atom stereocenters. The fraction of sp³-hybridized carbons (Fsp3) is 0.176. The van der Waals surface area contributed by atoms with Gasteiger partial charge >= 0.3 is 0 Å². The molecule has 17 heavy (non-hydrogen) atoms. The van der Waals surface area contributed by atoms with E-state index in [0.717, 1.165) is 12.8 Å². The van der Waals surface area contributed by atoms with Crippen LogP contribution in [0.25, 0.3) is 11.1 Å². The lowest BCUT2D eigenvalue weighted by molar-refractivity contribution is 1.00. The van der Waals surface area contributed by atoms with E-state index in [1.807, 2.05) is 6.08 Å². The molecule has 0 heterocycles. The first-order valence-corrected chi connectivity index (χ1v) is 6.06. The molecule has 0 spiro atoms. The maximum absolute atomic E-state index is 3.75. The Bertz CT molecular complexity index is 474. The highest BCUT2D eigenvalue weighted by Crippen LogP contribution is 2.20. The fourth-order valence-electron chi connectivity index (χ4n) is 1.88. The highest BCUT2D eigenvalue weighted by molar-refractivity contribution is 5.63. The van der Waals surface area contributed by atoms with Gasteiger partial charge in [-0.25, -0.2) is 0 Å². The lowest BCUT2D eigenvalue weighted by Gasteiger charge is -2.04. The lowest BCUT2D eigenvalue weighted by Crippen LogP contribution is -1.84. The molecule has 0 aliphatic rings. The van der Waals surface area contributed by atoms with Crippen LogP contribution in [0.15, 0.2) is 61.2 Å². The van der Waals surface area contributed by atoms with Crippen LogP contribution in [0, 0.1) is 6.92 Å². The third kappa shape index (κ3) is 3.07. The minimum atomic E-state index is 1.05.